The van der Waals surface area contributed by atoms with Crippen LogP contribution >= 0.6 is 0 Å². The lowest BCUT2D eigenvalue weighted by molar-refractivity contribution is -0.123. The number of aromatic nitrogens is 1. The molecule has 3 rings (SSSR count). The Bertz CT molecular complexity index is 635. The number of carbonyl (C=O) groups is 2. The molecule has 26 heavy (non-hydrogen) atoms. The molecule has 0 radical (unpaired) electrons. The highest BCUT2D eigenvalue weighted by atomic mass is 16.4. The van der Waals surface area contributed by atoms with Crippen LogP contribution in [0.4, 0.5) is 5.82 Å². The number of amides is 1. The van der Waals surface area contributed by atoms with E-state index in [2.05, 4.69) is 27.0 Å². The number of piperazine rings is 1. The molecule has 7 nitrogen and oxygen atoms in total. The number of nitrogens with one attached hydrogen (secondary N) is 1. The predicted molar refractivity (Wildman–Crippen MR) is 99.4 cm³/mol. The minimum atomic E-state index is -1.01. The molecule has 1 aliphatic carbocycles. The zero-order valence-electron chi connectivity index (χ0n) is 15.4. The van der Waals surface area contributed by atoms with Crippen molar-refractivity contribution < 1.29 is 14.7 Å². The number of rotatable bonds is 5. The molecule has 0 aromatic carbocycles. The second kappa shape index (κ2) is 8.49. The van der Waals surface area contributed by atoms with Gasteiger partial charge in [0.2, 0.25) is 5.91 Å². The minimum Gasteiger partial charge on any atom is -0.477 e. The van der Waals surface area contributed by atoms with Gasteiger partial charge in [0.15, 0.2) is 5.69 Å². The number of nitrogens with zero attached hydrogens (tertiary/aromatic N) is 3. The first-order chi connectivity index (χ1) is 12.5. The summed E-state index contributed by atoms with van der Waals surface area (Å²) in [5.74, 6) is 0.568. The Kier molecular flexibility index (Phi) is 6.08. The predicted octanol–water partition coefficient (Wildman–Crippen LogP) is 1.60. The van der Waals surface area contributed by atoms with Crippen molar-refractivity contribution in [1.29, 1.82) is 0 Å². The van der Waals surface area contributed by atoms with Crippen LogP contribution in [-0.2, 0) is 4.79 Å². The summed E-state index contributed by atoms with van der Waals surface area (Å²) in [6, 6.07) is 5.39. The van der Waals surface area contributed by atoms with Gasteiger partial charge in [-0.3, -0.25) is 9.69 Å². The Morgan fingerprint density at radius 2 is 1.85 bits per heavy atom. The van der Waals surface area contributed by atoms with Crippen molar-refractivity contribution in [2.75, 3.05) is 37.6 Å². The monoisotopic (exact) mass is 360 g/mol. The van der Waals surface area contributed by atoms with Gasteiger partial charge in [-0.05, 0) is 43.7 Å². The van der Waals surface area contributed by atoms with Crippen molar-refractivity contribution in [3.63, 3.8) is 0 Å². The van der Waals surface area contributed by atoms with Crippen molar-refractivity contribution in [2.24, 2.45) is 5.92 Å². The first kappa shape index (κ1) is 18.6. The molecule has 2 N–H and O–H groups in total. The van der Waals surface area contributed by atoms with Crippen LogP contribution in [0.3, 0.4) is 0 Å². The van der Waals surface area contributed by atoms with Crippen LogP contribution in [0.5, 0.6) is 0 Å². The summed E-state index contributed by atoms with van der Waals surface area (Å²) in [5, 5.41) is 12.2. The molecule has 2 aliphatic rings. The summed E-state index contributed by atoms with van der Waals surface area (Å²) in [4.78, 5) is 31.8. The van der Waals surface area contributed by atoms with E-state index in [4.69, 9.17) is 5.11 Å². The molecule has 2 heterocycles. The van der Waals surface area contributed by atoms with E-state index in [1.54, 1.807) is 6.07 Å². The Morgan fingerprint density at radius 1 is 1.15 bits per heavy atom. The lowest BCUT2D eigenvalue weighted by Crippen LogP contribution is -2.51. The van der Waals surface area contributed by atoms with Crippen molar-refractivity contribution in [1.82, 2.24) is 15.2 Å². The van der Waals surface area contributed by atoms with E-state index in [1.807, 2.05) is 6.07 Å². The topological polar surface area (TPSA) is 85.8 Å². The van der Waals surface area contributed by atoms with Gasteiger partial charge >= 0.3 is 5.97 Å². The molecule has 1 aromatic rings. The number of anilines is 1. The second-order valence-corrected chi connectivity index (χ2v) is 7.47. The largest absolute Gasteiger partial charge is 0.477 e. The third-order valence-electron chi connectivity index (χ3n) is 5.40. The van der Waals surface area contributed by atoms with Crippen molar-refractivity contribution >= 4 is 17.7 Å². The number of hydrogen-bond acceptors (Lipinski definition) is 5. The lowest BCUT2D eigenvalue weighted by atomic mass is 9.87. The highest BCUT2D eigenvalue weighted by Crippen LogP contribution is 2.23. The van der Waals surface area contributed by atoms with Crippen LogP contribution in [0.25, 0.3) is 0 Å². The summed E-state index contributed by atoms with van der Waals surface area (Å²) in [6.07, 6.45) is 4.58. The van der Waals surface area contributed by atoms with E-state index in [-0.39, 0.29) is 11.6 Å². The van der Waals surface area contributed by atoms with Gasteiger partial charge in [-0.25, -0.2) is 9.78 Å². The van der Waals surface area contributed by atoms with Gasteiger partial charge in [0.1, 0.15) is 5.82 Å². The number of aromatic carboxylic acids is 1. The normalized spacial score (nSPS) is 24.3. The third kappa shape index (κ3) is 4.94. The maximum Gasteiger partial charge on any atom is 0.354 e. The Balaban J connectivity index is 1.44. The van der Waals surface area contributed by atoms with Gasteiger partial charge in [-0.2, -0.15) is 0 Å². The maximum absolute atomic E-state index is 12.3. The molecule has 0 unspecified atom stereocenters. The average molecular weight is 360 g/mol. The molecule has 1 saturated heterocycles. The van der Waals surface area contributed by atoms with E-state index in [1.165, 1.54) is 18.9 Å². The van der Waals surface area contributed by atoms with Gasteiger partial charge in [0.25, 0.3) is 0 Å². The summed E-state index contributed by atoms with van der Waals surface area (Å²) < 4.78 is 0. The Morgan fingerprint density at radius 3 is 2.50 bits per heavy atom. The molecule has 1 aliphatic heterocycles. The molecule has 1 saturated carbocycles. The van der Waals surface area contributed by atoms with Gasteiger partial charge in [-0.15, -0.1) is 0 Å². The van der Waals surface area contributed by atoms with Crippen LogP contribution in [0.15, 0.2) is 18.2 Å². The second-order valence-electron chi connectivity index (χ2n) is 7.47. The van der Waals surface area contributed by atoms with Crippen molar-refractivity contribution in [3.8, 4) is 0 Å². The quantitative estimate of drug-likeness (QED) is 0.829. The number of carbonyl (C=O) groups excluding carboxylic acids is 1. The van der Waals surface area contributed by atoms with Gasteiger partial charge in [0, 0.05) is 32.2 Å². The molecule has 142 valence electrons. The molecule has 7 heteroatoms. The van der Waals surface area contributed by atoms with Crippen LogP contribution in [-0.4, -0.2) is 65.6 Å². The fourth-order valence-corrected chi connectivity index (χ4v) is 3.73. The summed E-state index contributed by atoms with van der Waals surface area (Å²) in [6.45, 7) is 5.73. The van der Waals surface area contributed by atoms with Crippen molar-refractivity contribution in [3.05, 3.63) is 23.9 Å². The minimum absolute atomic E-state index is 0.0612. The first-order valence-corrected chi connectivity index (χ1v) is 9.48. The summed E-state index contributed by atoms with van der Waals surface area (Å²) in [7, 11) is 0. The highest BCUT2D eigenvalue weighted by Gasteiger charge is 2.23. The fourth-order valence-electron chi connectivity index (χ4n) is 3.73. The molecule has 0 bridgehead atoms. The van der Waals surface area contributed by atoms with Crippen LogP contribution in [0.2, 0.25) is 0 Å². The lowest BCUT2D eigenvalue weighted by Gasteiger charge is -2.35. The summed E-state index contributed by atoms with van der Waals surface area (Å²) in [5.41, 5.74) is 0.0612. The number of carboxylic acid groups (broad SMARTS) is 1. The van der Waals surface area contributed by atoms with E-state index in [0.29, 0.717) is 18.4 Å². The maximum atomic E-state index is 12.3. The zero-order chi connectivity index (χ0) is 18.5. The molecular weight excluding hydrogens is 332 g/mol. The molecular formula is C19H28N4O3. The van der Waals surface area contributed by atoms with Crippen LogP contribution in [0, 0.1) is 5.92 Å². The van der Waals surface area contributed by atoms with E-state index >= 15 is 0 Å². The van der Waals surface area contributed by atoms with Gasteiger partial charge in [-0.1, -0.05) is 13.0 Å². The highest BCUT2D eigenvalue weighted by molar-refractivity contribution is 5.85. The standard InChI is InChI=1S/C19H28N4O3/c1-14-5-7-15(8-6-14)20-18(24)13-22-9-11-23(12-10-22)17-4-2-3-16(21-17)19(25)26/h2-4,14-15H,5-13H2,1H3,(H,20,24)(H,25,26). The average Bonchev–Trinajstić information content (AvgIpc) is 2.64. The zero-order valence-corrected chi connectivity index (χ0v) is 15.4. The molecule has 0 atom stereocenters. The molecule has 2 fully saturated rings. The molecule has 1 amide bonds. The van der Waals surface area contributed by atoms with E-state index in [0.717, 1.165) is 44.9 Å². The molecule has 0 spiro atoms. The van der Waals surface area contributed by atoms with Crippen LogP contribution < -0.4 is 10.2 Å². The van der Waals surface area contributed by atoms with Gasteiger partial charge in [0.05, 0.1) is 6.54 Å². The van der Waals surface area contributed by atoms with Crippen molar-refractivity contribution in [2.45, 2.75) is 38.6 Å². The number of hydrogen-bond donors (Lipinski definition) is 2. The van der Waals surface area contributed by atoms with Gasteiger partial charge < -0.3 is 15.3 Å². The Labute approximate surface area is 154 Å². The summed E-state index contributed by atoms with van der Waals surface area (Å²) >= 11 is 0. The SMILES string of the molecule is CC1CCC(NC(=O)CN2CCN(c3cccc(C(=O)O)n3)CC2)CC1. The molecule has 1 aromatic heterocycles. The first-order valence-electron chi connectivity index (χ1n) is 9.48. The number of carboxylic acids is 1. The van der Waals surface area contributed by atoms with E-state index < -0.39 is 5.97 Å². The Hall–Kier alpha value is -2.15. The fraction of sp³-hybridized carbons (Fsp3) is 0.632. The van der Waals surface area contributed by atoms with Crippen LogP contribution in [0.1, 0.15) is 43.1 Å². The smallest absolute Gasteiger partial charge is 0.354 e. The van der Waals surface area contributed by atoms with E-state index in [9.17, 15) is 9.59 Å². The third-order valence-corrected chi connectivity index (χ3v) is 5.40. The number of pyridine rings is 1.